The van der Waals surface area contributed by atoms with E-state index in [0.717, 1.165) is 25.0 Å². The fraction of sp³-hybridized carbons (Fsp3) is 0.538. The lowest BCUT2D eigenvalue weighted by atomic mass is 9.82. The first-order valence-electron chi connectivity index (χ1n) is 5.63. The van der Waals surface area contributed by atoms with Gasteiger partial charge in [-0.15, -0.1) is 0 Å². The van der Waals surface area contributed by atoms with Crippen LogP contribution in [0.5, 0.6) is 5.75 Å². The molecule has 0 aliphatic heterocycles. The molecule has 1 aromatic rings. The maximum absolute atomic E-state index is 9.92. The van der Waals surface area contributed by atoms with Gasteiger partial charge in [-0.3, -0.25) is 0 Å². The zero-order valence-corrected chi connectivity index (χ0v) is 9.15. The smallest absolute Gasteiger partial charge is 0.118 e. The molecule has 1 fully saturated rings. The molecule has 15 heavy (non-hydrogen) atoms. The van der Waals surface area contributed by atoms with E-state index >= 15 is 0 Å². The maximum Gasteiger partial charge on any atom is 0.118 e. The van der Waals surface area contributed by atoms with Crippen molar-refractivity contribution in [1.82, 2.24) is 0 Å². The summed E-state index contributed by atoms with van der Waals surface area (Å²) < 4.78 is 5.12. The van der Waals surface area contributed by atoms with Crippen LogP contribution in [-0.2, 0) is 0 Å². The minimum atomic E-state index is -0.160. The summed E-state index contributed by atoms with van der Waals surface area (Å²) in [6.07, 6.45) is 4.28. The largest absolute Gasteiger partial charge is 0.497 e. The number of methoxy groups -OCH3 is 1. The monoisotopic (exact) mass is 206 g/mol. The summed E-state index contributed by atoms with van der Waals surface area (Å²) in [5.41, 5.74) is 1.24. The highest BCUT2D eigenvalue weighted by molar-refractivity contribution is 5.30. The minimum absolute atomic E-state index is 0.160. The van der Waals surface area contributed by atoms with Crippen LogP contribution >= 0.6 is 0 Å². The Morgan fingerprint density at radius 2 is 1.80 bits per heavy atom. The van der Waals surface area contributed by atoms with Crippen molar-refractivity contribution in [2.24, 2.45) is 0 Å². The lowest BCUT2D eigenvalue weighted by Crippen LogP contribution is -2.22. The first kappa shape index (κ1) is 10.5. The van der Waals surface area contributed by atoms with E-state index in [-0.39, 0.29) is 6.10 Å². The molecule has 2 heteroatoms. The third-order valence-corrected chi connectivity index (χ3v) is 3.27. The molecule has 1 aromatic carbocycles. The van der Waals surface area contributed by atoms with Crippen LogP contribution in [0.1, 0.15) is 37.2 Å². The molecule has 0 saturated heterocycles. The number of hydrogen-bond donors (Lipinski definition) is 1. The summed E-state index contributed by atoms with van der Waals surface area (Å²) in [6, 6.07) is 8.07. The molecule has 2 rings (SSSR count). The van der Waals surface area contributed by atoms with E-state index in [1.165, 1.54) is 12.0 Å². The van der Waals surface area contributed by atoms with Crippen molar-refractivity contribution < 1.29 is 9.84 Å². The van der Waals surface area contributed by atoms with Gasteiger partial charge in [0.2, 0.25) is 0 Å². The number of aliphatic hydroxyl groups is 1. The fourth-order valence-corrected chi connectivity index (χ4v) is 2.35. The summed E-state index contributed by atoms with van der Waals surface area (Å²) in [4.78, 5) is 0. The van der Waals surface area contributed by atoms with E-state index in [0.29, 0.717) is 5.92 Å². The number of hydrogen-bond acceptors (Lipinski definition) is 2. The van der Waals surface area contributed by atoms with Gasteiger partial charge in [-0.1, -0.05) is 25.0 Å². The Kier molecular flexibility index (Phi) is 3.27. The zero-order valence-electron chi connectivity index (χ0n) is 9.15. The van der Waals surface area contributed by atoms with Crippen molar-refractivity contribution in [3.8, 4) is 5.75 Å². The average Bonchev–Trinajstić information content (AvgIpc) is 2.30. The van der Waals surface area contributed by atoms with Crippen LogP contribution in [0.4, 0.5) is 0 Å². The van der Waals surface area contributed by atoms with Gasteiger partial charge in [-0.2, -0.15) is 0 Å². The second kappa shape index (κ2) is 4.67. The van der Waals surface area contributed by atoms with Gasteiger partial charge in [-0.05, 0) is 30.5 Å². The lowest BCUT2D eigenvalue weighted by Gasteiger charge is -2.27. The van der Waals surface area contributed by atoms with Crippen LogP contribution in [-0.4, -0.2) is 18.3 Å². The SMILES string of the molecule is COc1ccc([C@H]2CCCC[C@@H]2O)cc1. The zero-order chi connectivity index (χ0) is 10.7. The first-order valence-corrected chi connectivity index (χ1v) is 5.63. The Morgan fingerprint density at radius 1 is 1.13 bits per heavy atom. The lowest BCUT2D eigenvalue weighted by molar-refractivity contribution is 0.106. The van der Waals surface area contributed by atoms with E-state index in [9.17, 15) is 5.11 Å². The van der Waals surface area contributed by atoms with Crippen LogP contribution < -0.4 is 4.74 Å². The maximum atomic E-state index is 9.92. The summed E-state index contributed by atoms with van der Waals surface area (Å²) in [6.45, 7) is 0. The highest BCUT2D eigenvalue weighted by Crippen LogP contribution is 2.33. The van der Waals surface area contributed by atoms with Crippen LogP contribution in [0.2, 0.25) is 0 Å². The normalized spacial score (nSPS) is 26.3. The molecule has 1 aliphatic carbocycles. The van der Waals surface area contributed by atoms with Crippen molar-refractivity contribution in [3.63, 3.8) is 0 Å². The highest BCUT2D eigenvalue weighted by atomic mass is 16.5. The molecule has 0 amide bonds. The van der Waals surface area contributed by atoms with Crippen molar-refractivity contribution in [3.05, 3.63) is 29.8 Å². The number of ether oxygens (including phenoxy) is 1. The molecule has 1 N–H and O–H groups in total. The van der Waals surface area contributed by atoms with Crippen molar-refractivity contribution in [2.45, 2.75) is 37.7 Å². The average molecular weight is 206 g/mol. The molecular weight excluding hydrogens is 188 g/mol. The molecular formula is C13H18O2. The van der Waals surface area contributed by atoms with Crippen LogP contribution in [0.25, 0.3) is 0 Å². The minimum Gasteiger partial charge on any atom is -0.497 e. The second-order valence-corrected chi connectivity index (χ2v) is 4.23. The van der Waals surface area contributed by atoms with Crippen molar-refractivity contribution >= 4 is 0 Å². The molecule has 82 valence electrons. The van der Waals surface area contributed by atoms with Gasteiger partial charge < -0.3 is 9.84 Å². The topological polar surface area (TPSA) is 29.5 Å². The van der Waals surface area contributed by atoms with Gasteiger partial charge in [-0.25, -0.2) is 0 Å². The molecule has 0 unspecified atom stereocenters. The van der Waals surface area contributed by atoms with Crippen molar-refractivity contribution in [2.75, 3.05) is 7.11 Å². The Hall–Kier alpha value is -1.02. The second-order valence-electron chi connectivity index (χ2n) is 4.23. The van der Waals surface area contributed by atoms with Gasteiger partial charge in [0, 0.05) is 5.92 Å². The quantitative estimate of drug-likeness (QED) is 0.806. The summed E-state index contributed by atoms with van der Waals surface area (Å²) >= 11 is 0. The molecule has 1 aliphatic rings. The molecule has 2 atom stereocenters. The van der Waals surface area contributed by atoms with Gasteiger partial charge >= 0.3 is 0 Å². The molecule has 0 radical (unpaired) electrons. The molecule has 0 bridgehead atoms. The number of benzene rings is 1. The number of rotatable bonds is 2. The van der Waals surface area contributed by atoms with E-state index in [1.54, 1.807) is 7.11 Å². The molecule has 0 spiro atoms. The third-order valence-electron chi connectivity index (χ3n) is 3.27. The van der Waals surface area contributed by atoms with Crippen LogP contribution in [0, 0.1) is 0 Å². The standard InChI is InChI=1S/C13H18O2/c1-15-11-8-6-10(7-9-11)12-4-2-3-5-13(12)14/h6-9,12-14H,2-5H2,1H3/t12-,13+/m1/s1. The Morgan fingerprint density at radius 3 is 2.40 bits per heavy atom. The molecule has 1 saturated carbocycles. The van der Waals surface area contributed by atoms with E-state index < -0.39 is 0 Å². The Labute approximate surface area is 90.9 Å². The van der Waals surface area contributed by atoms with Crippen LogP contribution in [0.15, 0.2) is 24.3 Å². The number of aliphatic hydroxyl groups excluding tert-OH is 1. The first-order chi connectivity index (χ1) is 7.31. The molecule has 2 nitrogen and oxygen atoms in total. The Bertz CT molecular complexity index is 305. The van der Waals surface area contributed by atoms with Gasteiger partial charge in [0.25, 0.3) is 0 Å². The predicted octanol–water partition coefficient (Wildman–Crippen LogP) is 2.71. The van der Waals surface area contributed by atoms with Gasteiger partial charge in [0.15, 0.2) is 0 Å². The van der Waals surface area contributed by atoms with E-state index in [1.807, 2.05) is 12.1 Å². The summed E-state index contributed by atoms with van der Waals surface area (Å²) in [5, 5.41) is 9.92. The molecule has 0 aromatic heterocycles. The van der Waals surface area contributed by atoms with Crippen molar-refractivity contribution in [1.29, 1.82) is 0 Å². The molecule has 0 heterocycles. The third kappa shape index (κ3) is 2.32. The van der Waals surface area contributed by atoms with Gasteiger partial charge in [0.05, 0.1) is 13.2 Å². The van der Waals surface area contributed by atoms with E-state index in [2.05, 4.69) is 12.1 Å². The summed E-state index contributed by atoms with van der Waals surface area (Å²) in [7, 11) is 1.67. The van der Waals surface area contributed by atoms with Gasteiger partial charge in [0.1, 0.15) is 5.75 Å². The fourth-order valence-electron chi connectivity index (χ4n) is 2.35. The van der Waals surface area contributed by atoms with Crippen LogP contribution in [0.3, 0.4) is 0 Å². The predicted molar refractivity (Wildman–Crippen MR) is 60.2 cm³/mol. The Balaban J connectivity index is 2.13. The van der Waals surface area contributed by atoms with E-state index in [4.69, 9.17) is 4.74 Å². The highest BCUT2D eigenvalue weighted by Gasteiger charge is 2.24. The summed E-state index contributed by atoms with van der Waals surface area (Å²) in [5.74, 6) is 1.20.